The molecule has 0 saturated carbocycles. The summed E-state index contributed by atoms with van der Waals surface area (Å²) in [6.07, 6.45) is 0.443. The first-order chi connectivity index (χ1) is 4.30. The number of hydrogen-bond acceptors (Lipinski definition) is 2. The van der Waals surface area contributed by atoms with Crippen molar-refractivity contribution >= 4 is 12.4 Å². The third-order valence-electron chi connectivity index (χ3n) is 1.70. The normalized spacial score (nSPS) is 26.1. The summed E-state index contributed by atoms with van der Waals surface area (Å²) in [5, 5.41) is 3.29. The predicted octanol–water partition coefficient (Wildman–Crippen LogP) is 1.05. The lowest BCUT2D eigenvalue weighted by molar-refractivity contribution is 0.000508. The Morgan fingerprint density at radius 2 is 2.20 bits per heavy atom. The van der Waals surface area contributed by atoms with Crippen LogP contribution in [0.2, 0.25) is 0 Å². The smallest absolute Gasteiger partial charge is 0.0722 e. The van der Waals surface area contributed by atoms with Gasteiger partial charge in [0.15, 0.2) is 0 Å². The number of morpholine rings is 1. The minimum absolute atomic E-state index is 0. The molecule has 1 aliphatic rings. The number of rotatable bonds is 1. The molecule has 0 amide bonds. The highest BCUT2D eigenvalue weighted by molar-refractivity contribution is 5.85. The summed E-state index contributed by atoms with van der Waals surface area (Å²) in [5.41, 5.74) is 0. The first-order valence-electron chi connectivity index (χ1n) is 3.63. The van der Waals surface area contributed by atoms with Gasteiger partial charge in [0, 0.05) is 13.1 Å². The fourth-order valence-corrected chi connectivity index (χ4v) is 1.01. The summed E-state index contributed by atoms with van der Waals surface area (Å²) in [5.74, 6) is 0.651. The van der Waals surface area contributed by atoms with E-state index in [4.69, 9.17) is 4.74 Å². The molecule has 1 heterocycles. The third-order valence-corrected chi connectivity index (χ3v) is 1.70. The monoisotopic (exact) mass is 165 g/mol. The van der Waals surface area contributed by atoms with Gasteiger partial charge in [-0.15, -0.1) is 12.4 Å². The first kappa shape index (κ1) is 10.2. The molecule has 0 unspecified atom stereocenters. The quantitative estimate of drug-likeness (QED) is 0.628. The minimum atomic E-state index is 0. The second-order valence-corrected chi connectivity index (χ2v) is 2.86. The Labute approximate surface area is 68.7 Å². The zero-order valence-electron chi connectivity index (χ0n) is 6.59. The second kappa shape index (κ2) is 4.94. The number of halogens is 1. The maximum Gasteiger partial charge on any atom is 0.0722 e. The van der Waals surface area contributed by atoms with Crippen LogP contribution in [0.3, 0.4) is 0 Å². The molecule has 0 spiro atoms. The largest absolute Gasteiger partial charge is 0.375 e. The summed E-state index contributed by atoms with van der Waals surface area (Å²) in [7, 11) is 0. The molecule has 3 heteroatoms. The lowest BCUT2D eigenvalue weighted by Crippen LogP contribution is -2.41. The van der Waals surface area contributed by atoms with E-state index >= 15 is 0 Å². The molecule has 10 heavy (non-hydrogen) atoms. The summed E-state index contributed by atoms with van der Waals surface area (Å²) in [6, 6.07) is 0. The van der Waals surface area contributed by atoms with Gasteiger partial charge in [-0.2, -0.15) is 0 Å². The van der Waals surface area contributed by atoms with Crippen LogP contribution in [0.15, 0.2) is 0 Å². The van der Waals surface area contributed by atoms with E-state index in [2.05, 4.69) is 19.2 Å². The second-order valence-electron chi connectivity index (χ2n) is 2.86. The lowest BCUT2D eigenvalue weighted by atomic mass is 10.1. The van der Waals surface area contributed by atoms with Crippen molar-refractivity contribution in [3.05, 3.63) is 0 Å². The standard InChI is InChI=1S/C7H15NO.ClH/c1-6(2)7-5-8-3-4-9-7;/h6-8H,3-5H2,1-2H3;1H/t7-;/m0./s1. The molecule has 1 fully saturated rings. The molecule has 62 valence electrons. The van der Waals surface area contributed by atoms with Crippen molar-refractivity contribution in [2.45, 2.75) is 20.0 Å². The minimum Gasteiger partial charge on any atom is -0.375 e. The zero-order valence-corrected chi connectivity index (χ0v) is 7.41. The van der Waals surface area contributed by atoms with Gasteiger partial charge in [-0.1, -0.05) is 13.8 Å². The Balaban J connectivity index is 0.000000810. The molecular formula is C7H16ClNO. The molecule has 2 nitrogen and oxygen atoms in total. The topological polar surface area (TPSA) is 21.3 Å². The van der Waals surface area contributed by atoms with Crippen LogP contribution >= 0.6 is 12.4 Å². The van der Waals surface area contributed by atoms with E-state index < -0.39 is 0 Å². The van der Waals surface area contributed by atoms with E-state index in [0.717, 1.165) is 19.7 Å². The van der Waals surface area contributed by atoms with E-state index in [9.17, 15) is 0 Å². The molecule has 1 atom stereocenters. The molecule has 0 aromatic rings. The Morgan fingerprint density at radius 3 is 2.50 bits per heavy atom. The highest BCUT2D eigenvalue weighted by Gasteiger charge is 2.15. The van der Waals surface area contributed by atoms with Crippen molar-refractivity contribution in [2.75, 3.05) is 19.7 Å². The van der Waals surface area contributed by atoms with Crippen LogP contribution in [0.4, 0.5) is 0 Å². The maximum absolute atomic E-state index is 5.48. The van der Waals surface area contributed by atoms with E-state index in [1.54, 1.807) is 0 Å². The van der Waals surface area contributed by atoms with Crippen LogP contribution < -0.4 is 5.32 Å². The average Bonchev–Trinajstić information content (AvgIpc) is 1.90. The summed E-state index contributed by atoms with van der Waals surface area (Å²) in [6.45, 7) is 7.30. The zero-order chi connectivity index (χ0) is 6.69. The highest BCUT2D eigenvalue weighted by Crippen LogP contribution is 2.06. The molecule has 1 rings (SSSR count). The molecule has 0 aliphatic carbocycles. The van der Waals surface area contributed by atoms with Crippen LogP contribution in [0, 0.1) is 5.92 Å². The lowest BCUT2D eigenvalue weighted by Gasteiger charge is -2.26. The summed E-state index contributed by atoms with van der Waals surface area (Å²) in [4.78, 5) is 0. The van der Waals surface area contributed by atoms with Gasteiger partial charge >= 0.3 is 0 Å². The van der Waals surface area contributed by atoms with Crippen molar-refractivity contribution in [3.8, 4) is 0 Å². The molecule has 1 N–H and O–H groups in total. The Kier molecular flexibility index (Phi) is 5.04. The fraction of sp³-hybridized carbons (Fsp3) is 1.00. The van der Waals surface area contributed by atoms with Crippen molar-refractivity contribution < 1.29 is 4.74 Å². The van der Waals surface area contributed by atoms with Gasteiger partial charge in [-0.05, 0) is 5.92 Å². The van der Waals surface area contributed by atoms with Crippen LogP contribution in [0.5, 0.6) is 0 Å². The maximum atomic E-state index is 5.48. The Bertz CT molecular complexity index is 81.7. The molecule has 0 radical (unpaired) electrons. The average molecular weight is 166 g/mol. The number of ether oxygens (including phenoxy) is 1. The number of hydrogen-bond donors (Lipinski definition) is 1. The van der Waals surface area contributed by atoms with E-state index in [1.807, 2.05) is 0 Å². The van der Waals surface area contributed by atoms with Crippen LogP contribution in [-0.2, 0) is 4.74 Å². The van der Waals surface area contributed by atoms with Gasteiger partial charge < -0.3 is 10.1 Å². The first-order valence-corrected chi connectivity index (χ1v) is 3.63. The van der Waals surface area contributed by atoms with Gasteiger partial charge in [0.25, 0.3) is 0 Å². The molecular weight excluding hydrogens is 150 g/mol. The van der Waals surface area contributed by atoms with E-state index in [0.29, 0.717) is 12.0 Å². The summed E-state index contributed by atoms with van der Waals surface area (Å²) >= 11 is 0. The van der Waals surface area contributed by atoms with Gasteiger partial charge in [0.05, 0.1) is 12.7 Å². The SMILES string of the molecule is CC(C)[C@@H]1CNCCO1.Cl. The van der Waals surface area contributed by atoms with Crippen molar-refractivity contribution in [3.63, 3.8) is 0 Å². The fourth-order valence-electron chi connectivity index (χ4n) is 1.01. The predicted molar refractivity (Wildman–Crippen MR) is 44.7 cm³/mol. The van der Waals surface area contributed by atoms with Crippen LogP contribution in [-0.4, -0.2) is 25.8 Å². The Hall–Kier alpha value is 0.210. The molecule has 0 aromatic heterocycles. The molecule has 1 saturated heterocycles. The van der Waals surface area contributed by atoms with Gasteiger partial charge in [-0.25, -0.2) is 0 Å². The van der Waals surface area contributed by atoms with Gasteiger partial charge in [0.1, 0.15) is 0 Å². The molecule has 0 aromatic carbocycles. The highest BCUT2D eigenvalue weighted by atomic mass is 35.5. The molecule has 1 aliphatic heterocycles. The number of nitrogens with one attached hydrogen (secondary N) is 1. The van der Waals surface area contributed by atoms with Crippen molar-refractivity contribution in [2.24, 2.45) is 5.92 Å². The van der Waals surface area contributed by atoms with Crippen LogP contribution in [0.1, 0.15) is 13.8 Å². The summed E-state index contributed by atoms with van der Waals surface area (Å²) < 4.78 is 5.48. The third kappa shape index (κ3) is 2.86. The molecule has 0 bridgehead atoms. The van der Waals surface area contributed by atoms with Crippen LogP contribution in [0.25, 0.3) is 0 Å². The van der Waals surface area contributed by atoms with Gasteiger partial charge in [0.2, 0.25) is 0 Å². The van der Waals surface area contributed by atoms with E-state index in [-0.39, 0.29) is 12.4 Å². The van der Waals surface area contributed by atoms with Crippen molar-refractivity contribution in [1.29, 1.82) is 0 Å². The Morgan fingerprint density at radius 1 is 1.50 bits per heavy atom. The van der Waals surface area contributed by atoms with E-state index in [1.165, 1.54) is 0 Å². The van der Waals surface area contributed by atoms with Gasteiger partial charge in [-0.3, -0.25) is 0 Å². The van der Waals surface area contributed by atoms with Crippen molar-refractivity contribution in [1.82, 2.24) is 5.32 Å².